The quantitative estimate of drug-likeness (QED) is 0.848. The molecule has 4 heteroatoms. The Hall–Kier alpha value is -1.97. The van der Waals surface area contributed by atoms with E-state index in [2.05, 4.69) is 0 Å². The molecule has 1 aliphatic heterocycles. The van der Waals surface area contributed by atoms with Crippen molar-refractivity contribution in [2.45, 2.75) is 26.8 Å². The number of ether oxygens (including phenoxy) is 2. The molecule has 0 aromatic heterocycles. The molecule has 1 heterocycles. The molecule has 1 aromatic carbocycles. The second-order valence-electron chi connectivity index (χ2n) is 5.08. The Morgan fingerprint density at radius 1 is 1.45 bits per heavy atom. The monoisotopic (exact) mass is 275 g/mol. The molecular weight excluding hydrogens is 254 g/mol. The molecule has 0 saturated heterocycles. The number of carbonyl (C=O) groups excluding carboxylic acids is 1. The van der Waals surface area contributed by atoms with E-state index in [9.17, 15) is 4.79 Å². The smallest absolute Gasteiger partial charge is 0.253 e. The summed E-state index contributed by atoms with van der Waals surface area (Å²) in [7, 11) is 1.81. The predicted octanol–water partition coefficient (Wildman–Crippen LogP) is 2.73. The van der Waals surface area contributed by atoms with Gasteiger partial charge >= 0.3 is 0 Å². The maximum Gasteiger partial charge on any atom is 0.253 e. The summed E-state index contributed by atoms with van der Waals surface area (Å²) >= 11 is 0. The van der Waals surface area contributed by atoms with Gasteiger partial charge in [0.25, 0.3) is 5.91 Å². The summed E-state index contributed by atoms with van der Waals surface area (Å²) in [4.78, 5) is 14.0. The summed E-state index contributed by atoms with van der Waals surface area (Å²) in [5, 5.41) is 0. The molecule has 0 bridgehead atoms. The van der Waals surface area contributed by atoms with Gasteiger partial charge in [-0.15, -0.1) is 0 Å². The summed E-state index contributed by atoms with van der Waals surface area (Å²) in [6.45, 7) is 6.79. The molecule has 1 amide bonds. The Kier molecular flexibility index (Phi) is 4.32. The summed E-state index contributed by atoms with van der Waals surface area (Å²) in [5.74, 6) is 1.45. The van der Waals surface area contributed by atoms with Crippen LogP contribution in [0.25, 0.3) is 6.08 Å². The van der Waals surface area contributed by atoms with E-state index in [1.165, 1.54) is 0 Å². The van der Waals surface area contributed by atoms with E-state index in [1.807, 2.05) is 45.0 Å². The Morgan fingerprint density at radius 3 is 2.85 bits per heavy atom. The number of fused-ring (bicyclic) bond motifs is 1. The van der Waals surface area contributed by atoms with Crippen LogP contribution in [0, 0.1) is 0 Å². The summed E-state index contributed by atoms with van der Waals surface area (Å²) in [6, 6.07) is 5.88. The Bertz CT molecular complexity index is 535. The van der Waals surface area contributed by atoms with E-state index in [0.717, 1.165) is 17.1 Å². The van der Waals surface area contributed by atoms with Gasteiger partial charge < -0.3 is 14.4 Å². The van der Waals surface area contributed by atoms with E-state index in [4.69, 9.17) is 9.47 Å². The molecular formula is C16H21NO3. The molecule has 0 atom stereocenters. The zero-order valence-electron chi connectivity index (χ0n) is 12.5. The second-order valence-corrected chi connectivity index (χ2v) is 5.08. The first-order valence-corrected chi connectivity index (χ1v) is 6.91. The summed E-state index contributed by atoms with van der Waals surface area (Å²) in [5.41, 5.74) is 1.56. The lowest BCUT2D eigenvalue weighted by Crippen LogP contribution is -2.35. The zero-order valence-corrected chi connectivity index (χ0v) is 12.5. The van der Waals surface area contributed by atoms with Gasteiger partial charge in [0.05, 0.1) is 12.2 Å². The lowest BCUT2D eigenvalue weighted by atomic mass is 10.1. The molecule has 0 spiro atoms. The molecule has 0 unspecified atom stereocenters. The minimum Gasteiger partial charge on any atom is -0.490 e. The van der Waals surface area contributed by atoms with Crippen molar-refractivity contribution in [3.05, 3.63) is 29.3 Å². The number of amides is 1. The molecule has 1 aliphatic rings. The van der Waals surface area contributed by atoms with E-state index in [0.29, 0.717) is 12.2 Å². The average Bonchev–Trinajstić information content (AvgIpc) is 2.45. The van der Waals surface area contributed by atoms with Crippen molar-refractivity contribution in [3.8, 4) is 11.5 Å². The third-order valence-electron chi connectivity index (χ3n) is 3.38. The molecule has 0 N–H and O–H groups in total. The number of hydrogen-bond donors (Lipinski definition) is 0. The third kappa shape index (κ3) is 2.79. The summed E-state index contributed by atoms with van der Waals surface area (Å²) in [6.07, 6.45) is 1.89. The van der Waals surface area contributed by atoms with Crippen molar-refractivity contribution < 1.29 is 14.3 Å². The van der Waals surface area contributed by atoms with Crippen LogP contribution < -0.4 is 9.47 Å². The number of benzene rings is 1. The fourth-order valence-electron chi connectivity index (χ4n) is 2.03. The zero-order chi connectivity index (χ0) is 14.7. The van der Waals surface area contributed by atoms with Crippen LogP contribution in [0.5, 0.6) is 11.5 Å². The summed E-state index contributed by atoms with van der Waals surface area (Å²) < 4.78 is 11.3. The third-order valence-corrected chi connectivity index (χ3v) is 3.38. The number of hydrogen-bond acceptors (Lipinski definition) is 3. The number of para-hydroxylation sites is 1. The fourth-order valence-corrected chi connectivity index (χ4v) is 2.03. The van der Waals surface area contributed by atoms with Gasteiger partial charge in [0, 0.05) is 18.7 Å². The van der Waals surface area contributed by atoms with Crippen LogP contribution in [0.3, 0.4) is 0 Å². The van der Waals surface area contributed by atoms with Gasteiger partial charge in [0.2, 0.25) is 0 Å². The highest BCUT2D eigenvalue weighted by molar-refractivity contribution is 5.99. The van der Waals surface area contributed by atoms with Crippen LogP contribution >= 0.6 is 0 Å². The number of carbonyl (C=O) groups is 1. The largest absolute Gasteiger partial charge is 0.490 e. The number of likely N-dealkylation sites (N-methyl/N-ethyl adjacent to an activating group) is 1. The molecule has 1 aromatic rings. The van der Waals surface area contributed by atoms with Crippen molar-refractivity contribution in [2.24, 2.45) is 0 Å². The van der Waals surface area contributed by atoms with Gasteiger partial charge in [0.1, 0.15) is 6.61 Å². The first kappa shape index (κ1) is 14.4. The Morgan fingerprint density at radius 2 is 2.20 bits per heavy atom. The topological polar surface area (TPSA) is 38.8 Å². The Balaban J connectivity index is 2.29. The predicted molar refractivity (Wildman–Crippen MR) is 79.0 cm³/mol. The highest BCUT2D eigenvalue weighted by Gasteiger charge is 2.23. The molecule has 20 heavy (non-hydrogen) atoms. The second kappa shape index (κ2) is 5.99. The van der Waals surface area contributed by atoms with E-state index >= 15 is 0 Å². The van der Waals surface area contributed by atoms with Gasteiger partial charge in [-0.05, 0) is 32.9 Å². The molecule has 2 rings (SSSR count). The normalized spacial score (nSPS) is 13.3. The highest BCUT2D eigenvalue weighted by Crippen LogP contribution is 2.36. The maximum absolute atomic E-state index is 12.3. The number of nitrogens with zero attached hydrogens (tertiary/aromatic N) is 1. The first-order chi connectivity index (χ1) is 9.54. The first-order valence-electron chi connectivity index (χ1n) is 6.91. The van der Waals surface area contributed by atoms with Crippen molar-refractivity contribution in [2.75, 3.05) is 20.3 Å². The van der Waals surface area contributed by atoms with Gasteiger partial charge in [-0.1, -0.05) is 12.1 Å². The van der Waals surface area contributed by atoms with Crippen molar-refractivity contribution in [1.82, 2.24) is 4.90 Å². The number of rotatable bonds is 4. The molecule has 0 aliphatic carbocycles. The van der Waals surface area contributed by atoms with Crippen LogP contribution in [0.1, 0.15) is 26.3 Å². The minimum absolute atomic E-state index is 0.00691. The Labute approximate surface area is 120 Å². The van der Waals surface area contributed by atoms with Crippen molar-refractivity contribution in [1.29, 1.82) is 0 Å². The molecule has 0 radical (unpaired) electrons. The average molecular weight is 275 g/mol. The molecule has 4 nitrogen and oxygen atoms in total. The lowest BCUT2D eigenvalue weighted by molar-refractivity contribution is -0.127. The van der Waals surface area contributed by atoms with E-state index in [1.54, 1.807) is 11.9 Å². The molecule has 0 fully saturated rings. The van der Waals surface area contributed by atoms with Gasteiger partial charge in [-0.2, -0.15) is 0 Å². The lowest BCUT2D eigenvalue weighted by Gasteiger charge is -2.25. The van der Waals surface area contributed by atoms with Crippen LogP contribution in [0.15, 0.2) is 23.8 Å². The van der Waals surface area contributed by atoms with Crippen molar-refractivity contribution >= 4 is 12.0 Å². The van der Waals surface area contributed by atoms with Gasteiger partial charge in [0.15, 0.2) is 11.5 Å². The van der Waals surface area contributed by atoms with E-state index in [-0.39, 0.29) is 18.6 Å². The SMILES string of the molecule is CCOc1cccc2c1OCC(C(=O)N(C)C(C)C)=C2. The van der Waals surface area contributed by atoms with Crippen LogP contribution in [-0.4, -0.2) is 37.1 Å². The van der Waals surface area contributed by atoms with E-state index < -0.39 is 0 Å². The maximum atomic E-state index is 12.3. The van der Waals surface area contributed by atoms with Crippen LogP contribution in [0.4, 0.5) is 0 Å². The molecule has 0 saturated carbocycles. The molecule has 108 valence electrons. The van der Waals surface area contributed by atoms with Crippen LogP contribution in [-0.2, 0) is 4.79 Å². The van der Waals surface area contributed by atoms with Gasteiger partial charge in [-0.3, -0.25) is 4.79 Å². The highest BCUT2D eigenvalue weighted by atomic mass is 16.5. The van der Waals surface area contributed by atoms with Crippen LogP contribution in [0.2, 0.25) is 0 Å². The van der Waals surface area contributed by atoms with Gasteiger partial charge in [-0.25, -0.2) is 0 Å². The minimum atomic E-state index is 0.00691. The standard InChI is InChI=1S/C16H21NO3/c1-5-19-14-8-6-7-12-9-13(10-20-15(12)14)16(18)17(4)11(2)3/h6-9,11H,5,10H2,1-4H3. The fraction of sp³-hybridized carbons (Fsp3) is 0.438. The van der Waals surface area contributed by atoms with Crippen molar-refractivity contribution in [3.63, 3.8) is 0 Å².